The smallest absolute Gasteiger partial charge is 0.353 e. The van der Waals surface area contributed by atoms with Gasteiger partial charge in [-0.15, -0.1) is 0 Å². The Morgan fingerprint density at radius 2 is 1.65 bits per heavy atom. The Morgan fingerprint density at radius 1 is 1.00 bits per heavy atom. The number of halogens is 3. The Balaban J connectivity index is 1.61. The maximum absolute atomic E-state index is 12.6. The molecule has 0 bridgehead atoms. The molecule has 0 radical (unpaired) electrons. The van der Waals surface area contributed by atoms with Crippen LogP contribution in [0.1, 0.15) is 17.3 Å². The van der Waals surface area contributed by atoms with Crippen molar-refractivity contribution in [1.82, 2.24) is 19.7 Å². The highest BCUT2D eigenvalue weighted by molar-refractivity contribution is 6.39. The normalized spacial score (nSPS) is 16.7. The van der Waals surface area contributed by atoms with Crippen LogP contribution in [0.3, 0.4) is 0 Å². The van der Waals surface area contributed by atoms with Crippen LogP contribution >= 0.6 is 0 Å². The lowest BCUT2D eigenvalue weighted by Gasteiger charge is -2.38. The fraction of sp³-hybridized carbons (Fsp3) is 0.429. The van der Waals surface area contributed by atoms with E-state index in [1.807, 2.05) is 29.9 Å². The van der Waals surface area contributed by atoms with Crippen molar-refractivity contribution >= 4 is 17.5 Å². The molecule has 3 rings (SSSR count). The maximum atomic E-state index is 12.6. The molecule has 2 aromatic rings. The Bertz CT molecular complexity index is 902. The van der Waals surface area contributed by atoms with Gasteiger partial charge in [0.05, 0.1) is 11.6 Å². The van der Waals surface area contributed by atoms with Crippen LogP contribution in [0.4, 0.5) is 18.9 Å². The molecule has 1 aromatic carbocycles. The number of hydrogen-bond acceptors (Lipinski definition) is 4. The average Bonchev–Trinajstić information content (AvgIpc) is 3.14. The summed E-state index contributed by atoms with van der Waals surface area (Å²) in [4.78, 5) is 29.0. The lowest BCUT2D eigenvalue weighted by atomic mass is 10.1. The first-order valence-electron chi connectivity index (χ1n) is 9.95. The van der Waals surface area contributed by atoms with Gasteiger partial charge in [0.1, 0.15) is 0 Å². The number of benzene rings is 1. The molecule has 31 heavy (non-hydrogen) atoms. The first-order chi connectivity index (χ1) is 14.6. The second-order valence-electron chi connectivity index (χ2n) is 7.64. The summed E-state index contributed by atoms with van der Waals surface area (Å²) in [6, 6.07) is 7.75. The number of aryl methyl sites for hydroxylation is 1. The lowest BCUT2D eigenvalue weighted by molar-refractivity contribution is -0.137. The van der Waals surface area contributed by atoms with Crippen LogP contribution < -0.4 is 10.6 Å². The van der Waals surface area contributed by atoms with E-state index in [4.69, 9.17) is 0 Å². The lowest BCUT2D eigenvalue weighted by Crippen LogP contribution is -2.49. The van der Waals surface area contributed by atoms with Gasteiger partial charge in [0, 0.05) is 57.3 Å². The van der Waals surface area contributed by atoms with Gasteiger partial charge in [-0.25, -0.2) is 0 Å². The number of hydrogen-bond donors (Lipinski definition) is 2. The number of nitrogens with one attached hydrogen (secondary N) is 2. The highest BCUT2D eigenvalue weighted by Gasteiger charge is 2.30. The van der Waals surface area contributed by atoms with Gasteiger partial charge in [0.15, 0.2) is 0 Å². The standard InChI is InChI=1S/C21H26F3N5O2/c1-27-10-12-29(13-11-27)18(17-4-3-9-28(17)2)14-25-19(30)20(31)26-16-7-5-15(6-8-16)21(22,23)24/h3-9,18H,10-14H2,1-2H3,(H,25,30)(H,26,31). The maximum Gasteiger partial charge on any atom is 0.416 e. The van der Waals surface area contributed by atoms with E-state index in [1.54, 1.807) is 0 Å². The molecule has 1 atom stereocenters. The second-order valence-corrected chi connectivity index (χ2v) is 7.64. The fourth-order valence-electron chi connectivity index (χ4n) is 3.57. The first-order valence-corrected chi connectivity index (χ1v) is 9.95. The molecule has 7 nitrogen and oxygen atoms in total. The molecule has 2 N–H and O–H groups in total. The minimum atomic E-state index is -4.46. The van der Waals surface area contributed by atoms with Crippen molar-refractivity contribution in [2.24, 2.45) is 7.05 Å². The number of anilines is 1. The average molecular weight is 437 g/mol. The summed E-state index contributed by atoms with van der Waals surface area (Å²) in [5.74, 6) is -1.77. The second kappa shape index (κ2) is 9.52. The van der Waals surface area contributed by atoms with Gasteiger partial charge in [-0.05, 0) is 43.4 Å². The van der Waals surface area contributed by atoms with Gasteiger partial charge >= 0.3 is 18.0 Å². The SMILES string of the molecule is CN1CCN(C(CNC(=O)C(=O)Nc2ccc(C(F)(F)F)cc2)c2cccn2C)CC1. The number of carbonyl (C=O) groups is 2. The Labute approximate surface area is 178 Å². The number of piperazine rings is 1. The van der Waals surface area contributed by atoms with Crippen molar-refractivity contribution in [3.63, 3.8) is 0 Å². The predicted octanol–water partition coefficient (Wildman–Crippen LogP) is 2.09. The van der Waals surface area contributed by atoms with E-state index in [0.29, 0.717) is 0 Å². The van der Waals surface area contributed by atoms with Crippen molar-refractivity contribution in [1.29, 1.82) is 0 Å². The summed E-state index contributed by atoms with van der Waals surface area (Å²) in [5, 5.41) is 4.99. The number of rotatable bonds is 5. The molecule has 1 aliphatic rings. The first kappa shape index (κ1) is 22.8. The van der Waals surface area contributed by atoms with Gasteiger partial charge in [-0.1, -0.05) is 0 Å². The van der Waals surface area contributed by atoms with Crippen molar-refractivity contribution in [3.8, 4) is 0 Å². The van der Waals surface area contributed by atoms with Gasteiger partial charge in [-0.2, -0.15) is 13.2 Å². The van der Waals surface area contributed by atoms with Crippen molar-refractivity contribution in [2.45, 2.75) is 12.2 Å². The van der Waals surface area contributed by atoms with Gasteiger partial charge in [0.2, 0.25) is 0 Å². The molecule has 0 spiro atoms. The van der Waals surface area contributed by atoms with Crippen LogP contribution in [0.2, 0.25) is 0 Å². The minimum Gasteiger partial charge on any atom is -0.353 e. The molecular formula is C21H26F3N5O2. The van der Waals surface area contributed by atoms with E-state index in [2.05, 4.69) is 27.5 Å². The molecule has 2 heterocycles. The van der Waals surface area contributed by atoms with Crippen LogP contribution in [-0.2, 0) is 22.8 Å². The van der Waals surface area contributed by atoms with E-state index in [0.717, 1.165) is 56.1 Å². The zero-order chi connectivity index (χ0) is 22.6. The fourth-order valence-corrected chi connectivity index (χ4v) is 3.57. The molecule has 0 aliphatic carbocycles. The molecule has 10 heteroatoms. The zero-order valence-electron chi connectivity index (χ0n) is 17.4. The number of aromatic nitrogens is 1. The van der Waals surface area contributed by atoms with Crippen LogP contribution in [0.5, 0.6) is 0 Å². The monoisotopic (exact) mass is 437 g/mol. The Hall–Kier alpha value is -2.85. The molecule has 168 valence electrons. The molecule has 1 aromatic heterocycles. The molecule has 1 aliphatic heterocycles. The van der Waals surface area contributed by atoms with Crippen molar-refractivity contribution in [2.75, 3.05) is 45.1 Å². The topological polar surface area (TPSA) is 69.6 Å². The van der Waals surface area contributed by atoms with Gasteiger partial charge in [-0.3, -0.25) is 14.5 Å². The van der Waals surface area contributed by atoms with Crippen LogP contribution in [-0.4, -0.2) is 66.0 Å². The number of carbonyl (C=O) groups excluding carboxylic acids is 2. The largest absolute Gasteiger partial charge is 0.416 e. The van der Waals surface area contributed by atoms with Crippen LogP contribution in [0.25, 0.3) is 0 Å². The van der Waals surface area contributed by atoms with Crippen molar-refractivity contribution < 1.29 is 22.8 Å². The summed E-state index contributed by atoms with van der Waals surface area (Å²) >= 11 is 0. The number of amides is 2. The van der Waals surface area contributed by atoms with Gasteiger partial charge in [0.25, 0.3) is 0 Å². The molecular weight excluding hydrogens is 411 g/mol. The molecule has 1 saturated heterocycles. The number of likely N-dealkylation sites (N-methyl/N-ethyl adjacent to an activating group) is 1. The number of nitrogens with zero attached hydrogens (tertiary/aromatic N) is 3. The zero-order valence-corrected chi connectivity index (χ0v) is 17.4. The van der Waals surface area contributed by atoms with Crippen LogP contribution in [0.15, 0.2) is 42.6 Å². The molecule has 1 fully saturated rings. The highest BCUT2D eigenvalue weighted by atomic mass is 19.4. The third kappa shape index (κ3) is 5.86. The quantitative estimate of drug-likeness (QED) is 0.703. The summed E-state index contributed by atoms with van der Waals surface area (Å²) in [5.41, 5.74) is 0.312. The van der Waals surface area contributed by atoms with Gasteiger partial charge < -0.3 is 20.1 Å². The third-order valence-electron chi connectivity index (χ3n) is 5.44. The summed E-state index contributed by atoms with van der Waals surface area (Å²) < 4.78 is 39.9. The minimum absolute atomic E-state index is 0.100. The highest BCUT2D eigenvalue weighted by Crippen LogP contribution is 2.29. The van der Waals surface area contributed by atoms with E-state index in [1.165, 1.54) is 0 Å². The molecule has 0 saturated carbocycles. The van der Waals surface area contributed by atoms with Crippen molar-refractivity contribution in [3.05, 3.63) is 53.9 Å². The predicted molar refractivity (Wildman–Crippen MR) is 110 cm³/mol. The Morgan fingerprint density at radius 3 is 2.19 bits per heavy atom. The van der Waals surface area contributed by atoms with E-state index in [9.17, 15) is 22.8 Å². The van der Waals surface area contributed by atoms with E-state index >= 15 is 0 Å². The summed E-state index contributed by atoms with van der Waals surface area (Å²) in [7, 11) is 3.99. The number of alkyl halides is 3. The summed E-state index contributed by atoms with van der Waals surface area (Å²) in [6.45, 7) is 3.72. The third-order valence-corrected chi connectivity index (χ3v) is 5.44. The summed E-state index contributed by atoms with van der Waals surface area (Å²) in [6.07, 6.45) is -2.54. The Kier molecular flexibility index (Phi) is 7.01. The van der Waals surface area contributed by atoms with E-state index in [-0.39, 0.29) is 18.3 Å². The molecule has 1 unspecified atom stereocenters. The van der Waals surface area contributed by atoms with Crippen LogP contribution in [0, 0.1) is 0 Å². The molecule has 2 amide bonds. The van der Waals surface area contributed by atoms with E-state index < -0.39 is 23.6 Å².